The van der Waals surface area contributed by atoms with Gasteiger partial charge in [-0.1, -0.05) is 31.2 Å². The number of halogens is 1. The lowest BCUT2D eigenvalue weighted by atomic mass is 10.1. The molecule has 0 fully saturated rings. The average Bonchev–Trinajstić information content (AvgIpc) is 2.77. The summed E-state index contributed by atoms with van der Waals surface area (Å²) in [6.45, 7) is 2.41. The summed E-state index contributed by atoms with van der Waals surface area (Å²) in [6.07, 6.45) is 2.78. The van der Waals surface area contributed by atoms with Crippen LogP contribution in [0.15, 0.2) is 70.1 Å². The number of aliphatic imine (C=N–C) groups is 1. The molecule has 3 aromatic rings. The number of methoxy groups -OCH3 is 1. The first-order valence-corrected chi connectivity index (χ1v) is 10.2. The van der Waals surface area contributed by atoms with Crippen LogP contribution in [0, 0.1) is 0 Å². The number of aryl methyl sites for hydroxylation is 1. The summed E-state index contributed by atoms with van der Waals surface area (Å²) in [5.74, 6) is 0.198. The fourth-order valence-electron chi connectivity index (χ4n) is 2.82. The van der Waals surface area contributed by atoms with Gasteiger partial charge >= 0.3 is 5.97 Å². The van der Waals surface area contributed by atoms with Crippen molar-refractivity contribution >= 4 is 33.8 Å². The predicted octanol–water partition coefficient (Wildman–Crippen LogP) is 6.05. The van der Waals surface area contributed by atoms with E-state index in [1.807, 2.05) is 24.3 Å². The molecule has 0 aliphatic carbocycles. The molecule has 0 saturated heterocycles. The lowest BCUT2D eigenvalue weighted by Crippen LogP contribution is -2.01. The number of hydrogen-bond donors (Lipinski definition) is 1. The summed E-state index contributed by atoms with van der Waals surface area (Å²) in [6, 6.07) is 18.5. The van der Waals surface area contributed by atoms with E-state index < -0.39 is 5.97 Å². The number of nitrogens with zero attached hydrogens (tertiary/aromatic N) is 1. The molecular formula is C24H22BrNO4. The molecular weight excluding hydrogens is 446 g/mol. The molecule has 0 unspecified atom stereocenters. The van der Waals surface area contributed by atoms with E-state index in [-0.39, 0.29) is 12.2 Å². The summed E-state index contributed by atoms with van der Waals surface area (Å²) in [7, 11) is 1.58. The Kier molecular flexibility index (Phi) is 7.25. The number of rotatable bonds is 8. The van der Waals surface area contributed by atoms with E-state index in [4.69, 9.17) is 14.6 Å². The summed E-state index contributed by atoms with van der Waals surface area (Å²) in [5, 5.41) is 8.99. The first-order valence-electron chi connectivity index (χ1n) is 9.45. The van der Waals surface area contributed by atoms with Gasteiger partial charge in [0.15, 0.2) is 11.5 Å². The van der Waals surface area contributed by atoms with E-state index in [0.29, 0.717) is 11.5 Å². The van der Waals surface area contributed by atoms with Crippen molar-refractivity contribution in [3.05, 3.63) is 87.4 Å². The molecule has 5 nitrogen and oxygen atoms in total. The number of benzene rings is 3. The van der Waals surface area contributed by atoms with Crippen LogP contribution in [0.25, 0.3) is 0 Å². The van der Waals surface area contributed by atoms with Crippen molar-refractivity contribution in [3.63, 3.8) is 0 Å². The lowest BCUT2D eigenvalue weighted by molar-refractivity contribution is 0.0697. The van der Waals surface area contributed by atoms with E-state index in [2.05, 4.69) is 40.0 Å². The van der Waals surface area contributed by atoms with Crippen LogP contribution in [0.1, 0.15) is 34.0 Å². The highest BCUT2D eigenvalue weighted by Gasteiger charge is 2.12. The molecule has 30 heavy (non-hydrogen) atoms. The van der Waals surface area contributed by atoms with Crippen molar-refractivity contribution in [3.8, 4) is 11.5 Å². The number of carboxylic acid groups (broad SMARTS) is 1. The van der Waals surface area contributed by atoms with Gasteiger partial charge in [-0.05, 0) is 75.4 Å². The van der Waals surface area contributed by atoms with Gasteiger partial charge in [0.1, 0.15) is 6.61 Å². The van der Waals surface area contributed by atoms with E-state index in [1.54, 1.807) is 37.6 Å². The normalized spacial score (nSPS) is 10.9. The number of carboxylic acids is 1. The Bertz CT molecular complexity index is 1040. The third kappa shape index (κ3) is 5.48. The van der Waals surface area contributed by atoms with Crippen LogP contribution in [0.3, 0.4) is 0 Å². The molecule has 0 aliphatic rings. The van der Waals surface area contributed by atoms with Gasteiger partial charge in [0.25, 0.3) is 0 Å². The second-order valence-corrected chi connectivity index (χ2v) is 7.46. The molecule has 0 bridgehead atoms. The quantitative estimate of drug-likeness (QED) is 0.409. The molecule has 0 amide bonds. The van der Waals surface area contributed by atoms with Crippen LogP contribution >= 0.6 is 15.9 Å². The number of hydrogen-bond acceptors (Lipinski definition) is 4. The zero-order valence-electron chi connectivity index (χ0n) is 16.8. The van der Waals surface area contributed by atoms with Gasteiger partial charge in [-0.25, -0.2) is 4.79 Å². The van der Waals surface area contributed by atoms with Crippen molar-refractivity contribution in [2.45, 2.75) is 20.0 Å². The zero-order valence-corrected chi connectivity index (χ0v) is 18.3. The molecule has 0 saturated carbocycles. The molecule has 154 valence electrons. The zero-order chi connectivity index (χ0) is 21.5. The van der Waals surface area contributed by atoms with Crippen molar-refractivity contribution in [1.29, 1.82) is 0 Å². The van der Waals surface area contributed by atoms with Crippen molar-refractivity contribution in [2.24, 2.45) is 4.99 Å². The highest BCUT2D eigenvalue weighted by Crippen LogP contribution is 2.37. The topological polar surface area (TPSA) is 68.1 Å². The third-order valence-electron chi connectivity index (χ3n) is 4.54. The molecule has 0 radical (unpaired) electrons. The molecule has 0 aliphatic heterocycles. The molecule has 3 aromatic carbocycles. The Hall–Kier alpha value is -3.12. The third-order valence-corrected chi connectivity index (χ3v) is 5.13. The average molecular weight is 468 g/mol. The van der Waals surface area contributed by atoms with Crippen LogP contribution in [-0.2, 0) is 13.0 Å². The first-order chi connectivity index (χ1) is 14.5. The highest BCUT2D eigenvalue weighted by molar-refractivity contribution is 9.10. The highest BCUT2D eigenvalue weighted by atomic mass is 79.9. The molecule has 0 spiro atoms. The predicted molar refractivity (Wildman–Crippen MR) is 122 cm³/mol. The van der Waals surface area contributed by atoms with Crippen molar-refractivity contribution in [1.82, 2.24) is 0 Å². The number of carbonyl (C=O) groups is 1. The Morgan fingerprint density at radius 3 is 2.33 bits per heavy atom. The second kappa shape index (κ2) is 10.1. The Morgan fingerprint density at radius 1 is 1.07 bits per heavy atom. The van der Waals surface area contributed by atoms with Gasteiger partial charge in [0.05, 0.1) is 22.8 Å². The maximum absolute atomic E-state index is 11.0. The van der Waals surface area contributed by atoms with E-state index in [1.165, 1.54) is 5.56 Å². The van der Waals surface area contributed by atoms with E-state index >= 15 is 0 Å². The van der Waals surface area contributed by atoms with Gasteiger partial charge in [0, 0.05) is 6.21 Å². The molecule has 6 heteroatoms. The van der Waals surface area contributed by atoms with Gasteiger partial charge in [-0.2, -0.15) is 0 Å². The van der Waals surface area contributed by atoms with Gasteiger partial charge in [0.2, 0.25) is 0 Å². The van der Waals surface area contributed by atoms with E-state index in [0.717, 1.165) is 27.7 Å². The minimum Gasteiger partial charge on any atom is -0.493 e. The van der Waals surface area contributed by atoms with Crippen LogP contribution in [-0.4, -0.2) is 24.4 Å². The van der Waals surface area contributed by atoms with Crippen LogP contribution in [0.2, 0.25) is 0 Å². The largest absolute Gasteiger partial charge is 0.493 e. The Balaban J connectivity index is 1.74. The summed E-state index contributed by atoms with van der Waals surface area (Å²) in [5.41, 5.74) is 4.13. The Morgan fingerprint density at radius 2 is 1.73 bits per heavy atom. The molecule has 0 aromatic heterocycles. The maximum atomic E-state index is 11.0. The smallest absolute Gasteiger partial charge is 0.335 e. The van der Waals surface area contributed by atoms with Crippen molar-refractivity contribution < 1.29 is 19.4 Å². The Labute approximate surface area is 184 Å². The van der Waals surface area contributed by atoms with Gasteiger partial charge in [-0.15, -0.1) is 0 Å². The van der Waals surface area contributed by atoms with Gasteiger partial charge < -0.3 is 14.6 Å². The maximum Gasteiger partial charge on any atom is 0.335 e. The summed E-state index contributed by atoms with van der Waals surface area (Å²) >= 11 is 3.54. The fraction of sp³-hybridized carbons (Fsp3) is 0.167. The first kappa shape index (κ1) is 21.6. The van der Waals surface area contributed by atoms with Gasteiger partial charge in [-0.3, -0.25) is 4.99 Å². The minimum absolute atomic E-state index is 0.241. The molecule has 0 atom stereocenters. The molecule has 3 rings (SSSR count). The fourth-order valence-corrected chi connectivity index (χ4v) is 3.39. The molecule has 1 N–H and O–H groups in total. The number of ether oxygens (including phenoxy) is 2. The number of aromatic carboxylic acids is 1. The van der Waals surface area contributed by atoms with Crippen LogP contribution < -0.4 is 9.47 Å². The summed E-state index contributed by atoms with van der Waals surface area (Å²) in [4.78, 5) is 15.5. The van der Waals surface area contributed by atoms with Crippen LogP contribution in [0.4, 0.5) is 5.69 Å². The monoisotopic (exact) mass is 467 g/mol. The summed E-state index contributed by atoms with van der Waals surface area (Å²) < 4.78 is 12.2. The van der Waals surface area contributed by atoms with E-state index in [9.17, 15) is 4.79 Å². The van der Waals surface area contributed by atoms with Crippen molar-refractivity contribution in [2.75, 3.05) is 7.11 Å². The minimum atomic E-state index is -0.953. The lowest BCUT2D eigenvalue weighted by Gasteiger charge is -2.13. The SMILES string of the molecule is CCc1ccc(N=Cc2cc(Br)c(OCc3ccc(C(=O)O)cc3)c(OC)c2)cc1. The van der Waals surface area contributed by atoms with Crippen LogP contribution in [0.5, 0.6) is 11.5 Å². The standard InChI is InChI=1S/C24H22BrNO4/c1-3-16-6-10-20(11-7-16)26-14-18-12-21(25)23(22(13-18)29-2)30-15-17-4-8-19(9-5-17)24(27)28/h4-14H,3,15H2,1-2H3,(H,27,28). The second-order valence-electron chi connectivity index (χ2n) is 6.60. The molecule has 0 heterocycles.